The highest BCUT2D eigenvalue weighted by molar-refractivity contribution is 9.10. The van der Waals surface area contributed by atoms with Crippen molar-refractivity contribution in [1.82, 2.24) is 0 Å². The van der Waals surface area contributed by atoms with Crippen molar-refractivity contribution in [2.24, 2.45) is 0 Å². The van der Waals surface area contributed by atoms with Gasteiger partial charge in [0.05, 0.1) is 5.69 Å². The predicted molar refractivity (Wildman–Crippen MR) is 82.7 cm³/mol. The molecule has 0 aliphatic heterocycles. The van der Waals surface area contributed by atoms with Crippen LogP contribution in [0.5, 0.6) is 0 Å². The third kappa shape index (κ3) is 3.11. The second-order valence-electron chi connectivity index (χ2n) is 4.25. The quantitative estimate of drug-likeness (QED) is 0.783. The molecule has 104 valence electrons. The van der Waals surface area contributed by atoms with E-state index in [1.807, 2.05) is 0 Å². The standard InChI is InChI=1S/C14H11BrClFN2O/c1-7-10(4-8(15)5-12(7)18)14(20)19-13-3-2-9(16)6-11(13)17/h2-6H,18H2,1H3,(H,19,20). The zero-order chi connectivity index (χ0) is 14.9. The number of nitrogens with two attached hydrogens (primary N) is 1. The predicted octanol–water partition coefficient (Wildman–Crippen LogP) is 4.38. The van der Waals surface area contributed by atoms with Gasteiger partial charge >= 0.3 is 0 Å². The zero-order valence-corrected chi connectivity index (χ0v) is 12.8. The van der Waals surface area contributed by atoms with E-state index < -0.39 is 11.7 Å². The van der Waals surface area contributed by atoms with Gasteiger partial charge in [-0.25, -0.2) is 4.39 Å². The van der Waals surface area contributed by atoms with Crippen LogP contribution in [0.2, 0.25) is 5.02 Å². The van der Waals surface area contributed by atoms with Gasteiger partial charge in [0.25, 0.3) is 5.91 Å². The molecule has 0 spiro atoms. The van der Waals surface area contributed by atoms with Crippen molar-refractivity contribution in [1.29, 1.82) is 0 Å². The number of benzene rings is 2. The number of anilines is 2. The summed E-state index contributed by atoms with van der Waals surface area (Å²) in [4.78, 5) is 12.2. The lowest BCUT2D eigenvalue weighted by Crippen LogP contribution is -2.15. The van der Waals surface area contributed by atoms with Crippen LogP contribution in [-0.4, -0.2) is 5.91 Å². The Bertz CT molecular complexity index is 691. The van der Waals surface area contributed by atoms with Gasteiger partial charge in [-0.3, -0.25) is 4.79 Å². The van der Waals surface area contributed by atoms with E-state index in [0.29, 0.717) is 21.3 Å². The molecule has 0 saturated heterocycles. The maximum atomic E-state index is 13.7. The lowest BCUT2D eigenvalue weighted by Gasteiger charge is -2.11. The molecule has 0 bridgehead atoms. The van der Waals surface area contributed by atoms with Crippen LogP contribution in [0.25, 0.3) is 0 Å². The van der Waals surface area contributed by atoms with Crippen LogP contribution < -0.4 is 11.1 Å². The molecular formula is C14H11BrClFN2O. The highest BCUT2D eigenvalue weighted by atomic mass is 79.9. The van der Waals surface area contributed by atoms with Crippen molar-refractivity contribution in [3.8, 4) is 0 Å². The molecule has 0 saturated carbocycles. The molecule has 0 unspecified atom stereocenters. The minimum atomic E-state index is -0.591. The number of nitrogens with one attached hydrogen (secondary N) is 1. The van der Waals surface area contributed by atoms with E-state index in [0.717, 1.165) is 6.07 Å². The van der Waals surface area contributed by atoms with Crippen LogP contribution in [0.4, 0.5) is 15.8 Å². The first-order chi connectivity index (χ1) is 9.38. The smallest absolute Gasteiger partial charge is 0.256 e. The molecule has 0 aliphatic rings. The number of hydrogen-bond acceptors (Lipinski definition) is 2. The molecule has 6 heteroatoms. The normalized spacial score (nSPS) is 10.4. The summed E-state index contributed by atoms with van der Waals surface area (Å²) in [7, 11) is 0. The van der Waals surface area contributed by atoms with Gasteiger partial charge in [-0.15, -0.1) is 0 Å². The van der Waals surface area contributed by atoms with Crippen LogP contribution in [0.1, 0.15) is 15.9 Å². The fraction of sp³-hybridized carbons (Fsp3) is 0.0714. The summed E-state index contributed by atoms with van der Waals surface area (Å²) in [5.41, 5.74) is 7.37. The summed E-state index contributed by atoms with van der Waals surface area (Å²) in [6.45, 7) is 1.73. The van der Waals surface area contributed by atoms with Crippen LogP contribution in [0, 0.1) is 12.7 Å². The second kappa shape index (κ2) is 5.81. The first kappa shape index (κ1) is 14.8. The number of amides is 1. The van der Waals surface area contributed by atoms with E-state index in [4.69, 9.17) is 17.3 Å². The lowest BCUT2D eigenvalue weighted by molar-refractivity contribution is 0.102. The maximum Gasteiger partial charge on any atom is 0.256 e. The summed E-state index contributed by atoms with van der Waals surface area (Å²) in [5, 5.41) is 2.77. The van der Waals surface area contributed by atoms with E-state index in [1.54, 1.807) is 19.1 Å². The fourth-order valence-corrected chi connectivity index (χ4v) is 2.35. The van der Waals surface area contributed by atoms with E-state index in [2.05, 4.69) is 21.2 Å². The third-order valence-electron chi connectivity index (χ3n) is 2.84. The summed E-state index contributed by atoms with van der Waals surface area (Å²) >= 11 is 8.94. The average molecular weight is 358 g/mol. The first-order valence-electron chi connectivity index (χ1n) is 5.70. The number of halogens is 3. The van der Waals surface area contributed by atoms with Crippen LogP contribution in [0.15, 0.2) is 34.8 Å². The molecule has 1 amide bonds. The summed E-state index contributed by atoms with van der Waals surface area (Å²) in [5.74, 6) is -1.02. The third-order valence-corrected chi connectivity index (χ3v) is 3.53. The largest absolute Gasteiger partial charge is 0.398 e. The Hall–Kier alpha value is -1.59. The monoisotopic (exact) mass is 356 g/mol. The molecule has 0 radical (unpaired) electrons. The Labute approximate surface area is 129 Å². The molecule has 2 aromatic carbocycles. The second-order valence-corrected chi connectivity index (χ2v) is 5.60. The summed E-state index contributed by atoms with van der Waals surface area (Å²) in [6.07, 6.45) is 0. The molecular weight excluding hydrogens is 347 g/mol. The van der Waals surface area contributed by atoms with E-state index >= 15 is 0 Å². The van der Waals surface area contributed by atoms with Gasteiger partial charge in [0, 0.05) is 20.7 Å². The van der Waals surface area contributed by atoms with Crippen molar-refractivity contribution < 1.29 is 9.18 Å². The number of rotatable bonds is 2. The Morgan fingerprint density at radius 1 is 1.35 bits per heavy atom. The van der Waals surface area contributed by atoms with Crippen LogP contribution >= 0.6 is 27.5 Å². The van der Waals surface area contributed by atoms with Crippen LogP contribution in [0.3, 0.4) is 0 Å². The lowest BCUT2D eigenvalue weighted by atomic mass is 10.1. The van der Waals surface area contributed by atoms with E-state index in [9.17, 15) is 9.18 Å². The van der Waals surface area contributed by atoms with Crippen molar-refractivity contribution in [2.75, 3.05) is 11.1 Å². The Balaban J connectivity index is 2.33. The molecule has 3 nitrogen and oxygen atoms in total. The first-order valence-corrected chi connectivity index (χ1v) is 6.87. The molecule has 0 aromatic heterocycles. The average Bonchev–Trinajstić information content (AvgIpc) is 2.37. The summed E-state index contributed by atoms with van der Waals surface area (Å²) in [6, 6.07) is 7.39. The highest BCUT2D eigenvalue weighted by Crippen LogP contribution is 2.25. The highest BCUT2D eigenvalue weighted by Gasteiger charge is 2.14. The Morgan fingerprint density at radius 3 is 2.70 bits per heavy atom. The van der Waals surface area contributed by atoms with Crippen molar-refractivity contribution in [3.63, 3.8) is 0 Å². The van der Waals surface area contributed by atoms with Crippen LogP contribution in [-0.2, 0) is 0 Å². The van der Waals surface area contributed by atoms with Gasteiger partial charge in [-0.1, -0.05) is 27.5 Å². The minimum absolute atomic E-state index is 0.0670. The van der Waals surface area contributed by atoms with Gasteiger partial charge in [0.2, 0.25) is 0 Å². The number of carbonyl (C=O) groups is 1. The van der Waals surface area contributed by atoms with Gasteiger partial charge in [-0.05, 0) is 42.8 Å². The molecule has 20 heavy (non-hydrogen) atoms. The van der Waals surface area contributed by atoms with Crippen molar-refractivity contribution in [3.05, 3.63) is 56.8 Å². The van der Waals surface area contributed by atoms with Gasteiger partial charge in [0.15, 0.2) is 0 Å². The number of hydrogen-bond donors (Lipinski definition) is 2. The maximum absolute atomic E-state index is 13.7. The Morgan fingerprint density at radius 2 is 2.05 bits per heavy atom. The van der Waals surface area contributed by atoms with Gasteiger partial charge in [0.1, 0.15) is 5.82 Å². The molecule has 2 aromatic rings. The van der Waals surface area contributed by atoms with Gasteiger partial charge < -0.3 is 11.1 Å². The van der Waals surface area contributed by atoms with E-state index in [1.165, 1.54) is 12.1 Å². The molecule has 3 N–H and O–H groups in total. The minimum Gasteiger partial charge on any atom is -0.398 e. The SMILES string of the molecule is Cc1c(N)cc(Br)cc1C(=O)Nc1ccc(Cl)cc1F. The van der Waals surface area contributed by atoms with Crippen molar-refractivity contribution >= 4 is 44.8 Å². The molecule has 0 heterocycles. The molecule has 2 rings (SSSR count). The summed E-state index contributed by atoms with van der Waals surface area (Å²) < 4.78 is 14.3. The van der Waals surface area contributed by atoms with Crippen molar-refractivity contribution in [2.45, 2.75) is 6.92 Å². The number of nitrogen functional groups attached to an aromatic ring is 1. The number of carbonyl (C=O) groups excluding carboxylic acids is 1. The molecule has 0 fully saturated rings. The molecule has 0 atom stereocenters. The fourth-order valence-electron chi connectivity index (χ4n) is 1.72. The topological polar surface area (TPSA) is 55.1 Å². The van der Waals surface area contributed by atoms with E-state index in [-0.39, 0.29) is 10.7 Å². The molecule has 0 aliphatic carbocycles. The zero-order valence-electron chi connectivity index (χ0n) is 10.5. The van der Waals surface area contributed by atoms with Gasteiger partial charge in [-0.2, -0.15) is 0 Å². The Kier molecular flexibility index (Phi) is 4.30.